The van der Waals surface area contributed by atoms with Crippen LogP contribution in [0.15, 0.2) is 0 Å². The summed E-state index contributed by atoms with van der Waals surface area (Å²) in [6.07, 6.45) is 0. The van der Waals surface area contributed by atoms with Gasteiger partial charge in [0.1, 0.15) is 5.15 Å². The SMILES string of the molecule is Cc1nc(Cl)c(B2OC(C)(C)C(C)(C)O2)s1. The summed E-state index contributed by atoms with van der Waals surface area (Å²) in [6.45, 7) is 10.0. The average molecular weight is 260 g/mol. The Morgan fingerprint density at radius 1 is 1.19 bits per heavy atom. The number of hydrogen-bond donors (Lipinski definition) is 0. The van der Waals surface area contributed by atoms with Gasteiger partial charge in [-0.05, 0) is 34.6 Å². The molecule has 6 heteroatoms. The fourth-order valence-electron chi connectivity index (χ4n) is 1.51. The maximum absolute atomic E-state index is 6.05. The summed E-state index contributed by atoms with van der Waals surface area (Å²) in [5.41, 5.74) is -0.669. The van der Waals surface area contributed by atoms with Gasteiger partial charge in [0.25, 0.3) is 0 Å². The van der Waals surface area contributed by atoms with Crippen LogP contribution in [0.3, 0.4) is 0 Å². The van der Waals surface area contributed by atoms with Gasteiger partial charge >= 0.3 is 7.12 Å². The Kier molecular flexibility index (Phi) is 2.86. The summed E-state index contributed by atoms with van der Waals surface area (Å²) in [6, 6.07) is 0. The Bertz CT molecular complexity index is 403. The Balaban J connectivity index is 2.30. The number of hydrogen-bond acceptors (Lipinski definition) is 4. The van der Waals surface area contributed by atoms with E-state index in [4.69, 9.17) is 20.9 Å². The highest BCUT2D eigenvalue weighted by molar-refractivity contribution is 7.22. The standard InChI is InChI=1S/C10H15BClNO2S/c1-6-13-8(12)7(16-6)11-14-9(2,3)10(4,5)15-11/h1-5H3. The van der Waals surface area contributed by atoms with Crippen LogP contribution in [0.1, 0.15) is 32.7 Å². The minimum atomic E-state index is -0.399. The van der Waals surface area contributed by atoms with Crippen molar-refractivity contribution in [1.29, 1.82) is 0 Å². The molecule has 2 heterocycles. The first-order valence-electron chi connectivity index (χ1n) is 5.21. The minimum absolute atomic E-state index is 0.334. The molecule has 0 aliphatic carbocycles. The minimum Gasteiger partial charge on any atom is -0.399 e. The number of rotatable bonds is 1. The quantitative estimate of drug-likeness (QED) is 0.726. The van der Waals surface area contributed by atoms with Crippen LogP contribution >= 0.6 is 22.9 Å². The molecule has 1 fully saturated rings. The van der Waals surface area contributed by atoms with Crippen molar-refractivity contribution in [3.8, 4) is 0 Å². The molecule has 0 saturated carbocycles. The van der Waals surface area contributed by atoms with Crippen LogP contribution in [-0.4, -0.2) is 23.3 Å². The molecule has 1 saturated heterocycles. The molecule has 0 spiro atoms. The summed E-state index contributed by atoms with van der Waals surface area (Å²) in [5, 5.41) is 1.41. The van der Waals surface area contributed by atoms with Crippen LogP contribution in [0.2, 0.25) is 5.15 Å². The lowest BCUT2D eigenvalue weighted by Gasteiger charge is -2.32. The highest BCUT2D eigenvalue weighted by Gasteiger charge is 2.53. The van der Waals surface area contributed by atoms with Crippen molar-refractivity contribution in [2.45, 2.75) is 45.8 Å². The van der Waals surface area contributed by atoms with Gasteiger partial charge in [0.05, 0.1) is 21.0 Å². The predicted molar refractivity (Wildman–Crippen MR) is 67.6 cm³/mol. The Labute approximate surface area is 105 Å². The Morgan fingerprint density at radius 3 is 2.06 bits per heavy atom. The number of nitrogens with zero attached hydrogens (tertiary/aromatic N) is 1. The van der Waals surface area contributed by atoms with E-state index in [0.717, 1.165) is 9.78 Å². The summed E-state index contributed by atoms with van der Waals surface area (Å²) in [4.78, 5) is 4.18. The normalized spacial score (nSPS) is 22.8. The lowest BCUT2D eigenvalue weighted by atomic mass is 9.89. The lowest BCUT2D eigenvalue weighted by Crippen LogP contribution is -2.41. The number of thiazole rings is 1. The molecule has 0 bridgehead atoms. The van der Waals surface area contributed by atoms with E-state index in [1.54, 1.807) is 0 Å². The van der Waals surface area contributed by atoms with Crippen LogP contribution in [0.5, 0.6) is 0 Å². The maximum atomic E-state index is 6.05. The van der Waals surface area contributed by atoms with Gasteiger partial charge in [-0.2, -0.15) is 0 Å². The van der Waals surface area contributed by atoms with E-state index in [9.17, 15) is 0 Å². The van der Waals surface area contributed by atoms with Crippen LogP contribution in [0.4, 0.5) is 0 Å². The largest absolute Gasteiger partial charge is 0.508 e. The summed E-state index contributed by atoms with van der Waals surface area (Å²) >= 11 is 7.57. The van der Waals surface area contributed by atoms with E-state index in [-0.39, 0.29) is 11.2 Å². The van der Waals surface area contributed by atoms with Gasteiger partial charge in [0.2, 0.25) is 0 Å². The molecule has 3 nitrogen and oxygen atoms in total. The van der Waals surface area contributed by atoms with Gasteiger partial charge in [-0.15, -0.1) is 11.3 Å². The molecular formula is C10H15BClNO2S. The second-order valence-electron chi connectivity index (χ2n) is 4.98. The zero-order valence-electron chi connectivity index (χ0n) is 10.1. The third-order valence-corrected chi connectivity index (χ3v) is 4.58. The summed E-state index contributed by atoms with van der Waals surface area (Å²) in [5.74, 6) is 0. The van der Waals surface area contributed by atoms with Crippen LogP contribution in [0.25, 0.3) is 0 Å². The molecule has 0 aromatic carbocycles. The van der Waals surface area contributed by atoms with Gasteiger partial charge in [0.15, 0.2) is 0 Å². The van der Waals surface area contributed by atoms with Crippen LogP contribution < -0.4 is 4.78 Å². The van der Waals surface area contributed by atoms with E-state index in [1.807, 2.05) is 34.6 Å². The van der Waals surface area contributed by atoms with Crippen LogP contribution in [0, 0.1) is 6.92 Å². The van der Waals surface area contributed by atoms with E-state index < -0.39 is 7.12 Å². The molecule has 0 amide bonds. The molecule has 0 unspecified atom stereocenters. The highest BCUT2D eigenvalue weighted by atomic mass is 35.5. The first kappa shape index (κ1) is 12.4. The van der Waals surface area contributed by atoms with E-state index in [1.165, 1.54) is 11.3 Å². The van der Waals surface area contributed by atoms with Crippen molar-refractivity contribution in [1.82, 2.24) is 4.98 Å². The average Bonchev–Trinajstić information content (AvgIpc) is 2.51. The van der Waals surface area contributed by atoms with Crippen molar-refractivity contribution in [2.75, 3.05) is 0 Å². The zero-order chi connectivity index (χ0) is 12.1. The summed E-state index contributed by atoms with van der Waals surface area (Å²) < 4.78 is 12.7. The molecule has 0 radical (unpaired) electrons. The lowest BCUT2D eigenvalue weighted by molar-refractivity contribution is 0.00578. The number of aromatic nitrogens is 1. The summed E-state index contributed by atoms with van der Waals surface area (Å²) in [7, 11) is -0.399. The number of halogens is 1. The predicted octanol–water partition coefficient (Wildman–Crippen LogP) is 2.40. The molecule has 0 atom stereocenters. The molecule has 16 heavy (non-hydrogen) atoms. The van der Waals surface area contributed by atoms with Crippen molar-refractivity contribution in [2.24, 2.45) is 0 Å². The van der Waals surface area contributed by atoms with Gasteiger partial charge in [0, 0.05) is 0 Å². The van der Waals surface area contributed by atoms with Crippen LogP contribution in [-0.2, 0) is 9.31 Å². The second-order valence-corrected chi connectivity index (χ2v) is 6.57. The molecule has 1 aromatic heterocycles. The molecule has 88 valence electrons. The second kappa shape index (κ2) is 3.70. The molecule has 2 rings (SSSR count). The van der Waals surface area contributed by atoms with Gasteiger partial charge in [-0.25, -0.2) is 4.98 Å². The van der Waals surface area contributed by atoms with Crippen molar-refractivity contribution in [3.63, 3.8) is 0 Å². The third-order valence-electron chi connectivity index (χ3n) is 3.18. The van der Waals surface area contributed by atoms with E-state index in [2.05, 4.69) is 4.98 Å². The van der Waals surface area contributed by atoms with Crippen molar-refractivity contribution in [3.05, 3.63) is 10.2 Å². The molecular weight excluding hydrogens is 244 g/mol. The van der Waals surface area contributed by atoms with Gasteiger partial charge in [-0.1, -0.05) is 11.6 Å². The highest BCUT2D eigenvalue weighted by Crippen LogP contribution is 2.37. The fourth-order valence-corrected chi connectivity index (χ4v) is 2.67. The third kappa shape index (κ3) is 1.90. The first-order valence-corrected chi connectivity index (χ1v) is 6.41. The zero-order valence-corrected chi connectivity index (χ0v) is 11.7. The fraction of sp³-hybridized carbons (Fsp3) is 0.700. The topological polar surface area (TPSA) is 31.4 Å². The maximum Gasteiger partial charge on any atom is 0.508 e. The molecule has 1 aliphatic heterocycles. The molecule has 1 aromatic rings. The van der Waals surface area contributed by atoms with E-state index in [0.29, 0.717) is 5.15 Å². The Morgan fingerprint density at radius 2 is 1.69 bits per heavy atom. The first-order chi connectivity index (χ1) is 7.23. The van der Waals surface area contributed by atoms with Crippen molar-refractivity contribution >= 4 is 34.8 Å². The van der Waals surface area contributed by atoms with Gasteiger partial charge < -0.3 is 9.31 Å². The molecule has 0 N–H and O–H groups in total. The Hall–Kier alpha value is -0.0951. The monoisotopic (exact) mass is 259 g/mol. The molecule has 1 aliphatic rings. The van der Waals surface area contributed by atoms with Crippen molar-refractivity contribution < 1.29 is 9.31 Å². The smallest absolute Gasteiger partial charge is 0.399 e. The van der Waals surface area contributed by atoms with E-state index >= 15 is 0 Å². The van der Waals surface area contributed by atoms with Gasteiger partial charge in [-0.3, -0.25) is 0 Å². The number of aryl methyl sites for hydroxylation is 1.